The standard InChI is InChI=1S/C5H9BrN4/c1-4(2)3-10-8-5(6)7-9-10/h4H,3H2,1-2H3. The van der Waals surface area contributed by atoms with Crippen molar-refractivity contribution in [3.63, 3.8) is 0 Å². The Kier molecular flexibility index (Phi) is 2.37. The third kappa shape index (κ3) is 2.06. The van der Waals surface area contributed by atoms with E-state index in [-0.39, 0.29) is 0 Å². The molecule has 5 heteroatoms. The lowest BCUT2D eigenvalue weighted by Crippen LogP contribution is -2.07. The zero-order valence-corrected chi connectivity index (χ0v) is 7.54. The highest BCUT2D eigenvalue weighted by Gasteiger charge is 1.99. The van der Waals surface area contributed by atoms with Crippen molar-refractivity contribution in [2.75, 3.05) is 0 Å². The van der Waals surface area contributed by atoms with Gasteiger partial charge in [-0.15, -0.1) is 10.2 Å². The zero-order valence-electron chi connectivity index (χ0n) is 5.95. The Morgan fingerprint density at radius 2 is 2.30 bits per heavy atom. The van der Waals surface area contributed by atoms with E-state index >= 15 is 0 Å². The maximum atomic E-state index is 3.96. The van der Waals surface area contributed by atoms with Crippen molar-refractivity contribution in [2.45, 2.75) is 20.4 Å². The Balaban J connectivity index is 2.58. The highest BCUT2D eigenvalue weighted by molar-refractivity contribution is 9.10. The predicted octanol–water partition coefficient (Wildman–Crippen LogP) is 1.09. The van der Waals surface area contributed by atoms with Gasteiger partial charge in [0.1, 0.15) is 0 Å². The largest absolute Gasteiger partial charge is 0.239 e. The Labute approximate surface area is 67.7 Å². The van der Waals surface area contributed by atoms with Gasteiger partial charge in [0, 0.05) is 0 Å². The molecule has 0 spiro atoms. The van der Waals surface area contributed by atoms with Crippen molar-refractivity contribution >= 4 is 15.9 Å². The van der Waals surface area contributed by atoms with Crippen LogP contribution in [0.5, 0.6) is 0 Å². The molecule has 0 amide bonds. The monoisotopic (exact) mass is 204 g/mol. The summed E-state index contributed by atoms with van der Waals surface area (Å²) in [6.07, 6.45) is 0. The minimum Gasteiger partial charge on any atom is -0.163 e. The van der Waals surface area contributed by atoms with E-state index < -0.39 is 0 Å². The Morgan fingerprint density at radius 1 is 1.60 bits per heavy atom. The number of halogens is 1. The highest BCUT2D eigenvalue weighted by Crippen LogP contribution is 1.99. The minimum atomic E-state index is 0.549. The SMILES string of the molecule is CC(C)Cn1nnc(Br)n1. The van der Waals surface area contributed by atoms with Crippen LogP contribution in [-0.4, -0.2) is 20.2 Å². The molecule has 0 aromatic carbocycles. The van der Waals surface area contributed by atoms with Crippen LogP contribution in [0.1, 0.15) is 13.8 Å². The summed E-state index contributed by atoms with van der Waals surface area (Å²) >= 11 is 3.12. The van der Waals surface area contributed by atoms with Crippen LogP contribution in [0.4, 0.5) is 0 Å². The van der Waals surface area contributed by atoms with E-state index in [0.29, 0.717) is 10.7 Å². The summed E-state index contributed by atoms with van der Waals surface area (Å²) < 4.78 is 0.549. The molecule has 0 saturated heterocycles. The van der Waals surface area contributed by atoms with Crippen LogP contribution in [-0.2, 0) is 6.54 Å². The normalized spacial score (nSPS) is 10.8. The molecule has 1 aromatic heterocycles. The minimum absolute atomic E-state index is 0.549. The van der Waals surface area contributed by atoms with Crippen molar-refractivity contribution in [3.05, 3.63) is 4.73 Å². The molecule has 0 N–H and O–H groups in total. The van der Waals surface area contributed by atoms with Gasteiger partial charge in [-0.3, -0.25) is 0 Å². The first-order valence-electron chi connectivity index (χ1n) is 3.12. The molecule has 0 fully saturated rings. The quantitative estimate of drug-likeness (QED) is 0.725. The van der Waals surface area contributed by atoms with Gasteiger partial charge in [-0.25, -0.2) is 0 Å². The molecule has 0 unspecified atom stereocenters. The average Bonchev–Trinajstić information content (AvgIpc) is 2.13. The van der Waals surface area contributed by atoms with Crippen molar-refractivity contribution in [2.24, 2.45) is 5.92 Å². The second-order valence-electron chi connectivity index (χ2n) is 2.51. The van der Waals surface area contributed by atoms with Crippen LogP contribution < -0.4 is 0 Å². The Hall–Kier alpha value is -0.450. The highest BCUT2D eigenvalue weighted by atomic mass is 79.9. The summed E-state index contributed by atoms with van der Waals surface area (Å²) in [5, 5.41) is 11.4. The van der Waals surface area contributed by atoms with Gasteiger partial charge in [-0.05, 0) is 27.1 Å². The van der Waals surface area contributed by atoms with Crippen LogP contribution in [0.3, 0.4) is 0 Å². The number of nitrogens with zero attached hydrogens (tertiary/aromatic N) is 4. The third-order valence-electron chi connectivity index (χ3n) is 0.957. The maximum Gasteiger partial charge on any atom is 0.239 e. The maximum absolute atomic E-state index is 3.96. The molecule has 0 bridgehead atoms. The lowest BCUT2D eigenvalue weighted by molar-refractivity contribution is 0.429. The topological polar surface area (TPSA) is 43.6 Å². The lowest BCUT2D eigenvalue weighted by atomic mass is 10.2. The lowest BCUT2D eigenvalue weighted by Gasteiger charge is -1.99. The Bertz CT molecular complexity index is 207. The predicted molar refractivity (Wildman–Crippen MR) is 40.4 cm³/mol. The Morgan fingerprint density at radius 3 is 2.70 bits per heavy atom. The zero-order chi connectivity index (χ0) is 7.56. The molecular formula is C5H9BrN4. The molecular weight excluding hydrogens is 196 g/mol. The van der Waals surface area contributed by atoms with Gasteiger partial charge < -0.3 is 0 Å². The molecule has 4 nitrogen and oxygen atoms in total. The van der Waals surface area contributed by atoms with Crippen LogP contribution >= 0.6 is 15.9 Å². The summed E-state index contributed by atoms with van der Waals surface area (Å²) in [7, 11) is 0. The van der Waals surface area contributed by atoms with Gasteiger partial charge in [-0.2, -0.15) is 4.80 Å². The van der Waals surface area contributed by atoms with Gasteiger partial charge in [0.2, 0.25) is 4.73 Å². The van der Waals surface area contributed by atoms with E-state index in [4.69, 9.17) is 0 Å². The van der Waals surface area contributed by atoms with Crippen LogP contribution in [0.15, 0.2) is 4.73 Å². The molecule has 1 rings (SSSR count). The summed E-state index contributed by atoms with van der Waals surface area (Å²) in [5.41, 5.74) is 0. The van der Waals surface area contributed by atoms with Crippen LogP contribution in [0, 0.1) is 5.92 Å². The first-order chi connectivity index (χ1) is 4.68. The number of hydrogen-bond donors (Lipinski definition) is 0. The number of aromatic nitrogens is 4. The van der Waals surface area contributed by atoms with E-state index in [0.717, 1.165) is 6.54 Å². The van der Waals surface area contributed by atoms with E-state index in [1.54, 1.807) is 4.80 Å². The van der Waals surface area contributed by atoms with Gasteiger partial charge >= 0.3 is 0 Å². The van der Waals surface area contributed by atoms with Gasteiger partial charge in [-0.1, -0.05) is 13.8 Å². The summed E-state index contributed by atoms with van der Waals surface area (Å²) in [6.45, 7) is 5.03. The number of hydrogen-bond acceptors (Lipinski definition) is 3. The molecule has 0 aliphatic carbocycles. The van der Waals surface area contributed by atoms with E-state index in [9.17, 15) is 0 Å². The average molecular weight is 205 g/mol. The fraction of sp³-hybridized carbons (Fsp3) is 0.800. The van der Waals surface area contributed by atoms with Crippen molar-refractivity contribution in [3.8, 4) is 0 Å². The first-order valence-corrected chi connectivity index (χ1v) is 3.91. The van der Waals surface area contributed by atoms with Gasteiger partial charge in [0.05, 0.1) is 6.54 Å². The van der Waals surface area contributed by atoms with Crippen molar-refractivity contribution in [1.29, 1.82) is 0 Å². The molecule has 0 aliphatic rings. The second-order valence-corrected chi connectivity index (χ2v) is 3.22. The third-order valence-corrected chi connectivity index (χ3v) is 1.27. The molecule has 56 valence electrons. The summed E-state index contributed by atoms with van der Waals surface area (Å²) in [5.74, 6) is 0.557. The molecule has 0 saturated carbocycles. The molecule has 1 heterocycles. The fourth-order valence-electron chi connectivity index (χ4n) is 0.628. The van der Waals surface area contributed by atoms with Crippen molar-refractivity contribution in [1.82, 2.24) is 20.2 Å². The summed E-state index contributed by atoms with van der Waals surface area (Å²) in [6, 6.07) is 0. The number of tetrazole rings is 1. The fourth-order valence-corrected chi connectivity index (χ4v) is 0.882. The molecule has 10 heavy (non-hydrogen) atoms. The first kappa shape index (κ1) is 7.65. The summed E-state index contributed by atoms with van der Waals surface area (Å²) in [4.78, 5) is 1.58. The van der Waals surface area contributed by atoms with E-state index in [2.05, 4.69) is 45.2 Å². The van der Waals surface area contributed by atoms with E-state index in [1.165, 1.54) is 0 Å². The molecule has 0 radical (unpaired) electrons. The van der Waals surface area contributed by atoms with Gasteiger partial charge in [0.25, 0.3) is 0 Å². The van der Waals surface area contributed by atoms with Crippen LogP contribution in [0.25, 0.3) is 0 Å². The van der Waals surface area contributed by atoms with E-state index in [1.807, 2.05) is 0 Å². The molecule has 1 aromatic rings. The molecule has 0 atom stereocenters. The smallest absolute Gasteiger partial charge is 0.163 e. The molecule has 0 aliphatic heterocycles. The van der Waals surface area contributed by atoms with Crippen LogP contribution in [0.2, 0.25) is 0 Å². The number of rotatable bonds is 2. The second kappa shape index (κ2) is 3.09. The van der Waals surface area contributed by atoms with Crippen molar-refractivity contribution < 1.29 is 0 Å². The van der Waals surface area contributed by atoms with Gasteiger partial charge in [0.15, 0.2) is 0 Å².